The van der Waals surface area contributed by atoms with Gasteiger partial charge in [0.1, 0.15) is 5.75 Å². The fourth-order valence-electron chi connectivity index (χ4n) is 1.34. The molecule has 0 saturated heterocycles. The molecule has 0 aliphatic carbocycles. The topological polar surface area (TPSA) is 37.3 Å². The van der Waals surface area contributed by atoms with E-state index < -0.39 is 10.6 Å². The van der Waals surface area contributed by atoms with Gasteiger partial charge in [-0.3, -0.25) is 4.79 Å². The van der Waals surface area contributed by atoms with Crippen molar-refractivity contribution in [3.63, 3.8) is 0 Å². The molecule has 0 aliphatic rings. The number of phenols is 1. The Bertz CT molecular complexity index is 448. The number of ketones is 1. The Labute approximate surface area is 115 Å². The fraction of sp³-hybridized carbons (Fsp3) is 0.417. The lowest BCUT2D eigenvalue weighted by Crippen LogP contribution is -2.14. The lowest BCUT2D eigenvalue weighted by atomic mass is 9.85. The number of Topliss-reactive ketones (excluding diaryl/α,β-unsaturated/α-hetero) is 1. The first-order valence-electron chi connectivity index (χ1n) is 5.00. The van der Waals surface area contributed by atoms with Crippen molar-refractivity contribution in [3.8, 4) is 5.75 Å². The monoisotopic (exact) mass is 294 g/mol. The molecule has 94 valence electrons. The smallest absolute Gasteiger partial charge is 0.199 e. The number of aromatic hydroxyl groups is 1. The molecule has 17 heavy (non-hydrogen) atoms. The SMILES string of the molecule is CC(C)(C)c1cc(Cl)c(O)c(C(=O)C(Cl)Cl)c1. The number of benzene rings is 1. The number of carbonyl (C=O) groups is 1. The molecule has 0 unspecified atom stereocenters. The molecule has 0 spiro atoms. The third-order valence-corrected chi connectivity index (χ3v) is 3.08. The summed E-state index contributed by atoms with van der Waals surface area (Å²) in [6, 6.07) is 3.20. The van der Waals surface area contributed by atoms with Crippen LogP contribution in [0.15, 0.2) is 12.1 Å². The molecule has 0 bridgehead atoms. The molecular formula is C12H13Cl3O2. The van der Waals surface area contributed by atoms with Crippen LogP contribution in [0.4, 0.5) is 0 Å². The Hall–Kier alpha value is -0.440. The molecule has 2 nitrogen and oxygen atoms in total. The Kier molecular flexibility index (Phi) is 4.34. The Morgan fingerprint density at radius 2 is 1.82 bits per heavy atom. The summed E-state index contributed by atoms with van der Waals surface area (Å²) in [5.41, 5.74) is 0.690. The van der Waals surface area contributed by atoms with Crippen LogP contribution in [0.3, 0.4) is 0 Å². The van der Waals surface area contributed by atoms with Crippen LogP contribution in [0, 0.1) is 0 Å². The van der Waals surface area contributed by atoms with Gasteiger partial charge in [0.15, 0.2) is 10.6 Å². The van der Waals surface area contributed by atoms with Gasteiger partial charge in [0.2, 0.25) is 0 Å². The summed E-state index contributed by atoms with van der Waals surface area (Å²) in [6.45, 7) is 5.93. The molecule has 1 rings (SSSR count). The van der Waals surface area contributed by atoms with Crippen molar-refractivity contribution in [2.45, 2.75) is 31.0 Å². The van der Waals surface area contributed by atoms with Gasteiger partial charge in [0.05, 0.1) is 10.6 Å². The number of rotatable bonds is 2. The first kappa shape index (κ1) is 14.6. The average molecular weight is 296 g/mol. The van der Waals surface area contributed by atoms with E-state index in [-0.39, 0.29) is 21.8 Å². The lowest BCUT2D eigenvalue weighted by Gasteiger charge is -2.21. The third kappa shape index (κ3) is 3.27. The average Bonchev–Trinajstić information content (AvgIpc) is 2.19. The highest BCUT2D eigenvalue weighted by atomic mass is 35.5. The van der Waals surface area contributed by atoms with Crippen molar-refractivity contribution in [2.75, 3.05) is 0 Å². The van der Waals surface area contributed by atoms with E-state index in [0.29, 0.717) is 0 Å². The maximum absolute atomic E-state index is 11.7. The second-order valence-electron chi connectivity index (χ2n) is 4.77. The minimum atomic E-state index is -1.22. The zero-order chi connectivity index (χ0) is 13.4. The molecule has 0 radical (unpaired) electrons. The minimum absolute atomic E-state index is 0.0532. The van der Waals surface area contributed by atoms with Crippen LogP contribution >= 0.6 is 34.8 Å². The molecule has 1 N–H and O–H groups in total. The summed E-state index contributed by atoms with van der Waals surface area (Å²) in [7, 11) is 0. The minimum Gasteiger partial charge on any atom is -0.506 e. The number of alkyl halides is 2. The molecular weight excluding hydrogens is 282 g/mol. The van der Waals surface area contributed by atoms with Crippen molar-refractivity contribution in [1.29, 1.82) is 0 Å². The molecule has 5 heteroatoms. The Balaban J connectivity index is 3.41. The zero-order valence-corrected chi connectivity index (χ0v) is 12.0. The molecule has 1 aromatic carbocycles. The van der Waals surface area contributed by atoms with E-state index in [2.05, 4.69) is 0 Å². The van der Waals surface area contributed by atoms with Gasteiger partial charge < -0.3 is 5.11 Å². The van der Waals surface area contributed by atoms with Crippen LogP contribution < -0.4 is 0 Å². The van der Waals surface area contributed by atoms with Crippen LogP contribution in [-0.4, -0.2) is 15.7 Å². The molecule has 0 heterocycles. The third-order valence-electron chi connectivity index (χ3n) is 2.39. The second-order valence-corrected chi connectivity index (χ2v) is 6.27. The number of carbonyl (C=O) groups excluding carboxylic acids is 1. The standard InChI is InChI=1S/C12H13Cl3O2/c1-12(2,3)6-4-7(10(17)11(14)15)9(16)8(13)5-6/h4-5,11,16H,1-3H3. The summed E-state index contributed by atoms with van der Waals surface area (Å²) in [6.07, 6.45) is 0. The summed E-state index contributed by atoms with van der Waals surface area (Å²) in [5.74, 6) is -0.838. The van der Waals surface area contributed by atoms with Crippen molar-refractivity contribution in [1.82, 2.24) is 0 Å². The normalized spacial score (nSPS) is 11.9. The lowest BCUT2D eigenvalue weighted by molar-refractivity contribution is 0.100. The summed E-state index contributed by atoms with van der Waals surface area (Å²) in [5, 5.41) is 9.86. The van der Waals surface area contributed by atoms with Crippen LogP contribution in [-0.2, 0) is 5.41 Å². The highest BCUT2D eigenvalue weighted by molar-refractivity contribution is 6.55. The summed E-state index contributed by atoms with van der Waals surface area (Å²) < 4.78 is 0. The van der Waals surface area contributed by atoms with Crippen LogP contribution in [0.2, 0.25) is 5.02 Å². The Morgan fingerprint density at radius 1 is 1.29 bits per heavy atom. The molecule has 0 aliphatic heterocycles. The van der Waals surface area contributed by atoms with Crippen LogP contribution in [0.5, 0.6) is 5.75 Å². The van der Waals surface area contributed by atoms with Gasteiger partial charge in [0.25, 0.3) is 0 Å². The van der Waals surface area contributed by atoms with Crippen molar-refractivity contribution >= 4 is 40.6 Å². The highest BCUT2D eigenvalue weighted by Gasteiger charge is 2.24. The van der Waals surface area contributed by atoms with Gasteiger partial charge in [0, 0.05) is 0 Å². The van der Waals surface area contributed by atoms with Gasteiger partial charge in [-0.2, -0.15) is 0 Å². The molecule has 0 aromatic heterocycles. The maximum Gasteiger partial charge on any atom is 0.199 e. The predicted molar refractivity (Wildman–Crippen MR) is 71.6 cm³/mol. The molecule has 0 saturated carbocycles. The van der Waals surface area contributed by atoms with Gasteiger partial charge in [-0.1, -0.05) is 55.6 Å². The van der Waals surface area contributed by atoms with Gasteiger partial charge in [-0.05, 0) is 23.1 Å². The molecule has 1 aromatic rings. The largest absolute Gasteiger partial charge is 0.506 e. The number of phenolic OH excluding ortho intramolecular Hbond substituents is 1. The van der Waals surface area contributed by atoms with Gasteiger partial charge >= 0.3 is 0 Å². The quantitative estimate of drug-likeness (QED) is 0.651. The maximum atomic E-state index is 11.7. The number of halogens is 3. The van der Waals surface area contributed by atoms with E-state index >= 15 is 0 Å². The number of hydrogen-bond acceptors (Lipinski definition) is 2. The summed E-state index contributed by atoms with van der Waals surface area (Å²) >= 11 is 16.9. The Morgan fingerprint density at radius 3 is 2.24 bits per heavy atom. The van der Waals surface area contributed by atoms with E-state index in [9.17, 15) is 9.90 Å². The van der Waals surface area contributed by atoms with E-state index in [1.807, 2.05) is 20.8 Å². The second kappa shape index (κ2) is 5.05. The van der Waals surface area contributed by atoms with E-state index in [1.165, 1.54) is 0 Å². The van der Waals surface area contributed by atoms with Crippen molar-refractivity contribution < 1.29 is 9.90 Å². The van der Waals surface area contributed by atoms with Crippen LogP contribution in [0.1, 0.15) is 36.7 Å². The number of hydrogen-bond donors (Lipinski definition) is 1. The highest BCUT2D eigenvalue weighted by Crippen LogP contribution is 2.35. The van der Waals surface area contributed by atoms with E-state index in [4.69, 9.17) is 34.8 Å². The van der Waals surface area contributed by atoms with E-state index in [1.54, 1.807) is 12.1 Å². The first-order valence-corrected chi connectivity index (χ1v) is 6.25. The van der Waals surface area contributed by atoms with E-state index in [0.717, 1.165) is 5.56 Å². The molecule has 0 fully saturated rings. The zero-order valence-electron chi connectivity index (χ0n) is 9.72. The van der Waals surface area contributed by atoms with Crippen LogP contribution in [0.25, 0.3) is 0 Å². The van der Waals surface area contributed by atoms with Gasteiger partial charge in [-0.25, -0.2) is 0 Å². The van der Waals surface area contributed by atoms with Gasteiger partial charge in [-0.15, -0.1) is 0 Å². The predicted octanol–water partition coefficient (Wildman–Crippen LogP) is 4.33. The van der Waals surface area contributed by atoms with Crippen molar-refractivity contribution in [2.24, 2.45) is 0 Å². The first-order chi connectivity index (χ1) is 7.64. The van der Waals surface area contributed by atoms with Crippen molar-refractivity contribution in [3.05, 3.63) is 28.3 Å². The summed E-state index contributed by atoms with van der Waals surface area (Å²) in [4.78, 5) is 10.5. The molecule has 0 amide bonds. The fourth-order valence-corrected chi connectivity index (χ4v) is 1.79. The molecule has 0 atom stereocenters.